The normalized spacial score (nSPS) is 17.5. The van der Waals surface area contributed by atoms with Crippen molar-refractivity contribution in [1.82, 2.24) is 15.1 Å². The van der Waals surface area contributed by atoms with Gasteiger partial charge in [-0.05, 0) is 41.5 Å². The molecule has 0 saturated carbocycles. The van der Waals surface area contributed by atoms with E-state index < -0.39 is 47.0 Å². The molecule has 5 nitrogen and oxygen atoms in total. The van der Waals surface area contributed by atoms with E-state index in [9.17, 15) is 31.1 Å². The topological polar surface area (TPSA) is 50.8 Å². The van der Waals surface area contributed by atoms with E-state index in [0.717, 1.165) is 16.8 Å². The number of nitrogens with one attached hydrogen (secondary N) is 1. The van der Waals surface area contributed by atoms with Crippen LogP contribution in [0.1, 0.15) is 44.7 Å². The Labute approximate surface area is 207 Å². The molecule has 37 heavy (non-hydrogen) atoms. The summed E-state index contributed by atoms with van der Waals surface area (Å²) in [4.78, 5) is 13.1. The Morgan fingerprint density at radius 2 is 1.51 bits per heavy atom. The van der Waals surface area contributed by atoms with Gasteiger partial charge in [0.25, 0.3) is 12.2 Å². The number of fused-ring (bicyclic) bond motifs is 1. The van der Waals surface area contributed by atoms with Gasteiger partial charge in [-0.3, -0.25) is 4.79 Å². The quantitative estimate of drug-likeness (QED) is 0.289. The SMILES string of the molecule is O=C(N[C@@H]1c2ccccc2C[C@H]1[n+]1cnn(-c2ccccc2)c1)c1cc(C(F)(F)F)cc(C(F)(F)F)c1. The van der Waals surface area contributed by atoms with Crippen LogP contribution in [0.3, 0.4) is 0 Å². The maximum Gasteiger partial charge on any atom is 0.416 e. The molecule has 1 heterocycles. The number of hydrogen-bond acceptors (Lipinski definition) is 2. The van der Waals surface area contributed by atoms with Crippen molar-refractivity contribution in [3.63, 3.8) is 0 Å². The number of para-hydroxylation sites is 1. The predicted molar refractivity (Wildman–Crippen MR) is 120 cm³/mol. The molecule has 0 fully saturated rings. The van der Waals surface area contributed by atoms with E-state index in [2.05, 4.69) is 10.4 Å². The van der Waals surface area contributed by atoms with Gasteiger partial charge in [0.15, 0.2) is 0 Å². The molecule has 1 amide bonds. The summed E-state index contributed by atoms with van der Waals surface area (Å²) in [6, 6.07) is 16.2. The molecule has 11 heteroatoms. The van der Waals surface area contributed by atoms with Crippen LogP contribution in [-0.2, 0) is 18.8 Å². The number of halogens is 6. The monoisotopic (exact) mass is 517 g/mol. The Morgan fingerprint density at radius 1 is 0.892 bits per heavy atom. The van der Waals surface area contributed by atoms with E-state index in [1.165, 1.54) is 0 Å². The molecule has 0 unspecified atom stereocenters. The zero-order chi connectivity index (χ0) is 26.4. The molecule has 0 radical (unpaired) electrons. The molecule has 2 atom stereocenters. The van der Waals surface area contributed by atoms with Crippen molar-refractivity contribution in [2.24, 2.45) is 0 Å². The van der Waals surface area contributed by atoms with Crippen LogP contribution in [0.4, 0.5) is 26.3 Å². The van der Waals surface area contributed by atoms with Crippen molar-refractivity contribution in [1.29, 1.82) is 0 Å². The fourth-order valence-electron chi connectivity index (χ4n) is 4.52. The average Bonchev–Trinajstić information content (AvgIpc) is 3.49. The van der Waals surface area contributed by atoms with Gasteiger partial charge in [-0.25, -0.2) is 4.57 Å². The van der Waals surface area contributed by atoms with Gasteiger partial charge in [0, 0.05) is 17.1 Å². The second kappa shape index (κ2) is 9.06. The van der Waals surface area contributed by atoms with Crippen LogP contribution in [0.2, 0.25) is 0 Å². The smallest absolute Gasteiger partial charge is 0.342 e. The van der Waals surface area contributed by atoms with Crippen molar-refractivity contribution in [3.05, 3.63) is 113 Å². The molecule has 0 bridgehead atoms. The zero-order valence-corrected chi connectivity index (χ0v) is 19.0. The lowest BCUT2D eigenvalue weighted by Crippen LogP contribution is -2.45. The van der Waals surface area contributed by atoms with Crippen LogP contribution in [-0.4, -0.2) is 15.7 Å². The van der Waals surface area contributed by atoms with Crippen LogP contribution < -0.4 is 9.88 Å². The third kappa shape index (κ3) is 4.93. The number of aromatic nitrogens is 3. The second-order valence-corrected chi connectivity index (χ2v) is 8.69. The van der Waals surface area contributed by atoms with E-state index in [0.29, 0.717) is 18.6 Å². The molecule has 1 aromatic heterocycles. The maximum absolute atomic E-state index is 13.3. The first-order chi connectivity index (χ1) is 17.5. The minimum absolute atomic E-state index is 0.00171. The van der Waals surface area contributed by atoms with E-state index in [-0.39, 0.29) is 6.07 Å². The molecular formula is C26H19F6N4O+. The highest BCUT2D eigenvalue weighted by Crippen LogP contribution is 2.38. The molecule has 0 aliphatic heterocycles. The molecular weight excluding hydrogens is 498 g/mol. The molecule has 1 aliphatic carbocycles. The van der Waals surface area contributed by atoms with Gasteiger partial charge in [0.05, 0.1) is 17.2 Å². The number of alkyl halides is 6. The van der Waals surface area contributed by atoms with E-state index in [4.69, 9.17) is 0 Å². The lowest BCUT2D eigenvalue weighted by atomic mass is 10.0. The summed E-state index contributed by atoms with van der Waals surface area (Å²) in [5, 5.41) is 7.03. The lowest BCUT2D eigenvalue weighted by Gasteiger charge is -2.21. The third-order valence-electron chi connectivity index (χ3n) is 6.30. The van der Waals surface area contributed by atoms with Crippen LogP contribution >= 0.6 is 0 Å². The van der Waals surface area contributed by atoms with E-state index in [1.807, 2.05) is 42.5 Å². The predicted octanol–water partition coefficient (Wildman–Crippen LogP) is 5.47. The summed E-state index contributed by atoms with van der Waals surface area (Å²) in [6.07, 6.45) is -6.35. The third-order valence-corrected chi connectivity index (χ3v) is 6.30. The number of carbonyl (C=O) groups excluding carboxylic acids is 1. The average molecular weight is 517 g/mol. The first-order valence-electron chi connectivity index (χ1n) is 11.2. The zero-order valence-electron chi connectivity index (χ0n) is 19.0. The van der Waals surface area contributed by atoms with Crippen LogP contribution in [0.25, 0.3) is 5.69 Å². The Morgan fingerprint density at radius 3 is 2.16 bits per heavy atom. The summed E-state index contributed by atoms with van der Waals surface area (Å²) < 4.78 is 83.3. The Hall–Kier alpha value is -4.15. The minimum atomic E-state index is -5.05. The maximum atomic E-state index is 13.3. The fourth-order valence-corrected chi connectivity index (χ4v) is 4.52. The van der Waals surface area contributed by atoms with E-state index in [1.54, 1.807) is 34.0 Å². The largest absolute Gasteiger partial charge is 0.416 e. The Balaban J connectivity index is 1.50. The summed E-state index contributed by atoms with van der Waals surface area (Å²) in [7, 11) is 0. The van der Waals surface area contributed by atoms with Gasteiger partial charge < -0.3 is 5.32 Å². The summed E-state index contributed by atoms with van der Waals surface area (Å²) >= 11 is 0. The van der Waals surface area contributed by atoms with Gasteiger partial charge in [-0.15, -0.1) is 0 Å². The fraction of sp³-hybridized carbons (Fsp3) is 0.192. The molecule has 1 N–H and O–H groups in total. The van der Waals surface area contributed by atoms with Gasteiger partial charge in [-0.1, -0.05) is 47.1 Å². The number of nitrogens with zero attached hydrogens (tertiary/aromatic N) is 3. The van der Waals surface area contributed by atoms with Crippen LogP contribution in [0.15, 0.2) is 85.5 Å². The Kier molecular flexibility index (Phi) is 6.01. The number of benzene rings is 3. The number of amides is 1. The number of carbonyl (C=O) groups is 1. The summed E-state index contributed by atoms with van der Waals surface area (Å²) in [6.45, 7) is 0. The molecule has 0 spiro atoms. The van der Waals surface area contributed by atoms with Crippen molar-refractivity contribution in [2.75, 3.05) is 0 Å². The first-order valence-corrected chi connectivity index (χ1v) is 11.2. The highest BCUT2D eigenvalue weighted by molar-refractivity contribution is 5.95. The number of rotatable bonds is 4. The molecule has 0 saturated heterocycles. The highest BCUT2D eigenvalue weighted by atomic mass is 19.4. The van der Waals surface area contributed by atoms with Gasteiger partial charge in [0.2, 0.25) is 6.33 Å². The number of hydrogen-bond donors (Lipinski definition) is 1. The summed E-state index contributed by atoms with van der Waals surface area (Å²) in [5.41, 5.74) is -1.40. The van der Waals surface area contributed by atoms with Gasteiger partial charge in [0.1, 0.15) is 11.7 Å². The molecule has 3 aromatic carbocycles. The second-order valence-electron chi connectivity index (χ2n) is 8.69. The van der Waals surface area contributed by atoms with Crippen LogP contribution in [0.5, 0.6) is 0 Å². The van der Waals surface area contributed by atoms with Crippen LogP contribution in [0, 0.1) is 0 Å². The first kappa shape index (κ1) is 24.5. The molecule has 5 rings (SSSR count). The molecule has 190 valence electrons. The Bertz CT molecular complexity index is 1410. The van der Waals surface area contributed by atoms with Gasteiger partial charge >= 0.3 is 12.4 Å². The minimum Gasteiger partial charge on any atom is -0.342 e. The molecule has 4 aromatic rings. The highest BCUT2D eigenvalue weighted by Gasteiger charge is 2.40. The molecule has 1 aliphatic rings. The van der Waals surface area contributed by atoms with Crippen molar-refractivity contribution >= 4 is 5.91 Å². The van der Waals surface area contributed by atoms with Crippen molar-refractivity contribution in [3.8, 4) is 5.69 Å². The van der Waals surface area contributed by atoms with Crippen molar-refractivity contribution < 1.29 is 35.7 Å². The standard InChI is InChI=1S/C26H18F6N4O/c27-25(28,29)18-10-17(11-19(13-18)26(30,31)32)24(37)34-23-21-9-5-4-6-16(21)12-22(23)35-14-33-36(15-35)20-7-2-1-3-8-20/h1-11,13-15,22-23H,12H2/p+1/t22-,23-/m1/s1. The lowest BCUT2D eigenvalue weighted by molar-refractivity contribution is -0.725. The van der Waals surface area contributed by atoms with Crippen molar-refractivity contribution in [2.45, 2.75) is 30.9 Å². The van der Waals surface area contributed by atoms with E-state index >= 15 is 0 Å². The van der Waals surface area contributed by atoms with Gasteiger partial charge in [-0.2, -0.15) is 26.3 Å². The summed E-state index contributed by atoms with van der Waals surface area (Å²) in [5.74, 6) is -1.04.